The third-order valence-electron chi connectivity index (χ3n) is 5.18. The van der Waals surface area contributed by atoms with Crippen LogP contribution < -0.4 is 5.32 Å². The molecule has 28 heavy (non-hydrogen) atoms. The monoisotopic (exact) mass is 382 g/mol. The summed E-state index contributed by atoms with van der Waals surface area (Å²) in [4.78, 5) is 35.3. The number of nitrogens with zero attached hydrogens (tertiary/aromatic N) is 1. The topological polar surface area (TPSA) is 98.5 Å². The molecule has 0 aromatic heterocycles. The Morgan fingerprint density at radius 1 is 1.07 bits per heavy atom. The van der Waals surface area contributed by atoms with E-state index in [-0.39, 0.29) is 11.6 Å². The third-order valence-corrected chi connectivity index (χ3v) is 5.18. The summed E-state index contributed by atoms with van der Waals surface area (Å²) in [6.45, 7) is 2.04. The fourth-order valence-electron chi connectivity index (χ4n) is 3.68. The van der Waals surface area contributed by atoms with Gasteiger partial charge in [0, 0.05) is 17.8 Å². The predicted molar refractivity (Wildman–Crippen MR) is 104 cm³/mol. The maximum Gasteiger partial charge on any atom is 0.338 e. The molecule has 0 unspecified atom stereocenters. The molecule has 146 valence electrons. The third kappa shape index (κ3) is 3.88. The molecule has 1 saturated carbocycles. The first-order valence-electron chi connectivity index (χ1n) is 9.30. The summed E-state index contributed by atoms with van der Waals surface area (Å²) >= 11 is 0. The minimum Gasteiger partial charge on any atom is -0.462 e. The van der Waals surface area contributed by atoms with Gasteiger partial charge in [0.15, 0.2) is 0 Å². The molecular weight excluding hydrogens is 360 g/mol. The lowest BCUT2D eigenvalue weighted by molar-refractivity contribution is -0.384. The van der Waals surface area contributed by atoms with E-state index in [2.05, 4.69) is 5.32 Å². The molecule has 1 fully saturated rings. The van der Waals surface area contributed by atoms with E-state index in [1.807, 2.05) is 0 Å². The smallest absolute Gasteiger partial charge is 0.338 e. The second kappa shape index (κ2) is 8.21. The Labute approximate surface area is 162 Å². The minimum atomic E-state index is -0.699. The highest BCUT2D eigenvalue weighted by Gasteiger charge is 2.42. The zero-order chi connectivity index (χ0) is 20.1. The second-order valence-electron chi connectivity index (χ2n) is 6.85. The average molecular weight is 382 g/mol. The summed E-state index contributed by atoms with van der Waals surface area (Å²) in [5.74, 6) is -0.541. The average Bonchev–Trinajstić information content (AvgIpc) is 3.20. The maximum absolute atomic E-state index is 13.1. The summed E-state index contributed by atoms with van der Waals surface area (Å²) in [5.41, 5.74) is 1.11. The van der Waals surface area contributed by atoms with Crippen molar-refractivity contribution < 1.29 is 19.2 Å². The lowest BCUT2D eigenvalue weighted by atomic mass is 9.78. The lowest BCUT2D eigenvalue weighted by Gasteiger charge is -2.28. The van der Waals surface area contributed by atoms with E-state index in [0.717, 1.165) is 18.4 Å². The summed E-state index contributed by atoms with van der Waals surface area (Å²) in [5, 5.41) is 13.8. The highest BCUT2D eigenvalue weighted by Crippen LogP contribution is 2.42. The molecule has 1 aliphatic rings. The fourth-order valence-corrected chi connectivity index (χ4v) is 3.68. The number of amides is 1. The SMILES string of the molecule is CCOC(=O)c1ccc(NC(=O)C2(c3ccc([N+](=O)[O-])cc3)CCCC2)cc1. The van der Waals surface area contributed by atoms with Crippen LogP contribution in [0, 0.1) is 10.1 Å². The van der Waals surface area contributed by atoms with Crippen LogP contribution in [-0.4, -0.2) is 23.4 Å². The van der Waals surface area contributed by atoms with Crippen LogP contribution in [0.2, 0.25) is 0 Å². The van der Waals surface area contributed by atoms with E-state index in [1.54, 1.807) is 43.3 Å². The molecule has 0 aliphatic heterocycles. The first-order valence-corrected chi connectivity index (χ1v) is 9.30. The van der Waals surface area contributed by atoms with Gasteiger partial charge in [0.2, 0.25) is 5.91 Å². The normalized spacial score (nSPS) is 15.0. The van der Waals surface area contributed by atoms with Gasteiger partial charge in [-0.2, -0.15) is 0 Å². The van der Waals surface area contributed by atoms with E-state index in [1.165, 1.54) is 12.1 Å². The summed E-state index contributed by atoms with van der Waals surface area (Å²) in [7, 11) is 0. The fraction of sp³-hybridized carbons (Fsp3) is 0.333. The number of hydrogen-bond acceptors (Lipinski definition) is 5. The highest BCUT2D eigenvalue weighted by atomic mass is 16.6. The molecule has 1 N–H and O–H groups in total. The van der Waals surface area contributed by atoms with Crippen LogP contribution in [0.25, 0.3) is 0 Å². The molecule has 0 atom stereocenters. The van der Waals surface area contributed by atoms with E-state index >= 15 is 0 Å². The number of anilines is 1. The molecule has 2 aromatic carbocycles. The molecule has 0 saturated heterocycles. The first kappa shape index (κ1) is 19.5. The second-order valence-corrected chi connectivity index (χ2v) is 6.85. The zero-order valence-electron chi connectivity index (χ0n) is 15.6. The maximum atomic E-state index is 13.1. The van der Waals surface area contributed by atoms with Crippen LogP contribution >= 0.6 is 0 Å². The molecule has 1 amide bonds. The molecule has 2 aromatic rings. The zero-order valence-corrected chi connectivity index (χ0v) is 15.6. The van der Waals surface area contributed by atoms with Crippen molar-refractivity contribution in [3.63, 3.8) is 0 Å². The van der Waals surface area contributed by atoms with Gasteiger partial charge in [0.1, 0.15) is 0 Å². The number of hydrogen-bond donors (Lipinski definition) is 1. The number of nitrogens with one attached hydrogen (secondary N) is 1. The molecule has 0 heterocycles. The predicted octanol–water partition coefficient (Wildman–Crippen LogP) is 4.22. The Balaban J connectivity index is 1.80. The molecule has 0 bridgehead atoms. The van der Waals surface area contributed by atoms with Gasteiger partial charge < -0.3 is 10.1 Å². The van der Waals surface area contributed by atoms with Gasteiger partial charge in [-0.1, -0.05) is 25.0 Å². The van der Waals surface area contributed by atoms with Crippen molar-refractivity contribution in [3.05, 3.63) is 69.8 Å². The van der Waals surface area contributed by atoms with E-state index in [4.69, 9.17) is 4.74 Å². The van der Waals surface area contributed by atoms with Crippen molar-refractivity contribution >= 4 is 23.3 Å². The summed E-state index contributed by atoms with van der Waals surface area (Å²) < 4.78 is 4.96. The molecule has 0 radical (unpaired) electrons. The van der Waals surface area contributed by atoms with Gasteiger partial charge in [-0.05, 0) is 49.6 Å². The number of carbonyl (C=O) groups excluding carboxylic acids is 2. The van der Waals surface area contributed by atoms with E-state index < -0.39 is 16.3 Å². The quantitative estimate of drug-likeness (QED) is 0.458. The van der Waals surface area contributed by atoms with Crippen LogP contribution in [0.15, 0.2) is 48.5 Å². The molecule has 3 rings (SSSR count). The van der Waals surface area contributed by atoms with E-state index in [9.17, 15) is 19.7 Å². The van der Waals surface area contributed by atoms with Crippen molar-refractivity contribution in [2.45, 2.75) is 38.0 Å². The standard InChI is InChI=1S/C21H22N2O5/c1-2-28-19(24)15-5-9-17(10-6-15)22-20(25)21(13-3-4-14-21)16-7-11-18(12-8-16)23(26)27/h5-12H,2-4,13-14H2,1H3,(H,22,25). The van der Waals surface area contributed by atoms with Crippen molar-refractivity contribution in [2.75, 3.05) is 11.9 Å². The Kier molecular flexibility index (Phi) is 5.73. The minimum absolute atomic E-state index is 0.00635. The molecular formula is C21H22N2O5. The van der Waals surface area contributed by atoms with Crippen LogP contribution in [0.5, 0.6) is 0 Å². The number of carbonyl (C=O) groups is 2. The van der Waals surface area contributed by atoms with Crippen molar-refractivity contribution in [3.8, 4) is 0 Å². The molecule has 0 spiro atoms. The van der Waals surface area contributed by atoms with E-state index in [0.29, 0.717) is 30.7 Å². The van der Waals surface area contributed by atoms with Gasteiger partial charge in [0.05, 0.1) is 22.5 Å². The molecule has 7 heteroatoms. The Hall–Kier alpha value is -3.22. The number of non-ortho nitro benzene ring substituents is 1. The Morgan fingerprint density at radius 3 is 2.21 bits per heavy atom. The highest BCUT2D eigenvalue weighted by molar-refractivity contribution is 6.00. The van der Waals surface area contributed by atoms with Gasteiger partial charge >= 0.3 is 5.97 Å². The van der Waals surface area contributed by atoms with Crippen LogP contribution in [-0.2, 0) is 14.9 Å². The summed E-state index contributed by atoms with van der Waals surface area (Å²) in [6.07, 6.45) is 3.23. The molecule has 1 aliphatic carbocycles. The largest absolute Gasteiger partial charge is 0.462 e. The van der Waals surface area contributed by atoms with Crippen LogP contribution in [0.4, 0.5) is 11.4 Å². The van der Waals surface area contributed by atoms with Crippen molar-refractivity contribution in [2.24, 2.45) is 0 Å². The summed E-state index contributed by atoms with van der Waals surface area (Å²) in [6, 6.07) is 12.8. The van der Waals surface area contributed by atoms with Gasteiger partial charge in [-0.25, -0.2) is 4.79 Å². The van der Waals surface area contributed by atoms with Crippen molar-refractivity contribution in [1.29, 1.82) is 0 Å². The number of ether oxygens (including phenoxy) is 1. The molecule has 7 nitrogen and oxygen atoms in total. The first-order chi connectivity index (χ1) is 13.5. The number of rotatable bonds is 6. The number of benzene rings is 2. The number of nitro benzene ring substituents is 1. The lowest BCUT2D eigenvalue weighted by Crippen LogP contribution is -2.38. The number of esters is 1. The number of nitro groups is 1. The van der Waals surface area contributed by atoms with Gasteiger partial charge in [-0.15, -0.1) is 0 Å². The Morgan fingerprint density at radius 2 is 1.68 bits per heavy atom. The van der Waals surface area contributed by atoms with Crippen molar-refractivity contribution in [1.82, 2.24) is 0 Å². The van der Waals surface area contributed by atoms with Gasteiger partial charge in [-0.3, -0.25) is 14.9 Å². The Bertz CT molecular complexity index is 869. The van der Waals surface area contributed by atoms with Crippen LogP contribution in [0.3, 0.4) is 0 Å². The van der Waals surface area contributed by atoms with Gasteiger partial charge in [0.25, 0.3) is 5.69 Å². The van der Waals surface area contributed by atoms with Crippen LogP contribution in [0.1, 0.15) is 48.5 Å².